The van der Waals surface area contributed by atoms with Crippen molar-refractivity contribution in [3.05, 3.63) is 95.3 Å². The first-order valence-electron chi connectivity index (χ1n) is 8.94. The first-order valence-corrected chi connectivity index (χ1v) is 8.94. The van der Waals surface area contributed by atoms with Gasteiger partial charge >= 0.3 is 6.18 Å². The molecule has 0 fully saturated rings. The van der Waals surface area contributed by atoms with Gasteiger partial charge in [-0.05, 0) is 36.8 Å². The lowest BCUT2D eigenvalue weighted by atomic mass is 10.1. The molecule has 3 rings (SSSR count). The topological polar surface area (TPSA) is 51.2 Å². The molecule has 0 bridgehead atoms. The van der Waals surface area contributed by atoms with Crippen molar-refractivity contribution in [1.29, 1.82) is 0 Å². The summed E-state index contributed by atoms with van der Waals surface area (Å²) in [5.41, 5.74) is 0.132. The van der Waals surface area contributed by atoms with E-state index in [0.717, 1.165) is 17.7 Å². The minimum atomic E-state index is -4.60. The number of benzene rings is 2. The Bertz CT molecular complexity index is 958. The number of carbonyl (C=O) groups excluding carboxylic acids is 1. The molecule has 1 N–H and O–H groups in total. The molecule has 0 radical (unpaired) electrons. The summed E-state index contributed by atoms with van der Waals surface area (Å²) in [5.74, 6) is -0.254. The predicted molar refractivity (Wildman–Crippen MR) is 102 cm³/mol. The van der Waals surface area contributed by atoms with Crippen LogP contribution in [0.15, 0.2) is 72.9 Å². The average Bonchev–Trinajstić information content (AvgIpc) is 2.72. The Kier molecular flexibility index (Phi) is 6.16. The molecular formula is C22H19F3N2O2. The summed E-state index contributed by atoms with van der Waals surface area (Å²) < 4.78 is 45.0. The van der Waals surface area contributed by atoms with Gasteiger partial charge in [0.2, 0.25) is 0 Å². The van der Waals surface area contributed by atoms with E-state index in [9.17, 15) is 18.0 Å². The highest BCUT2D eigenvalue weighted by molar-refractivity contribution is 5.96. The zero-order valence-corrected chi connectivity index (χ0v) is 15.6. The zero-order valence-electron chi connectivity index (χ0n) is 15.6. The maximum atomic E-state index is 13.1. The van der Waals surface area contributed by atoms with E-state index in [2.05, 4.69) is 10.3 Å². The van der Waals surface area contributed by atoms with Gasteiger partial charge in [0, 0.05) is 0 Å². The molecule has 0 aliphatic rings. The molecule has 1 aromatic heterocycles. The fraction of sp³-hybridized carbons (Fsp3) is 0.182. The number of hydrogen-bond acceptors (Lipinski definition) is 3. The molecule has 2 aromatic carbocycles. The summed E-state index contributed by atoms with van der Waals surface area (Å²) in [4.78, 5) is 16.6. The van der Waals surface area contributed by atoms with Crippen LogP contribution in [0, 0.1) is 0 Å². The second-order valence-corrected chi connectivity index (χ2v) is 6.43. The van der Waals surface area contributed by atoms with Crippen molar-refractivity contribution in [2.24, 2.45) is 0 Å². The molecule has 1 atom stereocenters. The van der Waals surface area contributed by atoms with Gasteiger partial charge in [-0.25, -0.2) is 0 Å². The van der Waals surface area contributed by atoms with Gasteiger partial charge in [-0.15, -0.1) is 0 Å². The molecule has 0 saturated carbocycles. The van der Waals surface area contributed by atoms with Crippen LogP contribution in [0.5, 0.6) is 5.75 Å². The Hall–Kier alpha value is -3.35. The van der Waals surface area contributed by atoms with Crippen LogP contribution in [-0.2, 0) is 12.8 Å². The van der Waals surface area contributed by atoms with Crippen LogP contribution < -0.4 is 10.1 Å². The van der Waals surface area contributed by atoms with Gasteiger partial charge in [-0.2, -0.15) is 13.2 Å². The van der Waals surface area contributed by atoms with Gasteiger partial charge in [0.05, 0.1) is 29.1 Å². The average molecular weight is 400 g/mol. The molecule has 0 aliphatic heterocycles. The molecule has 0 aliphatic carbocycles. The van der Waals surface area contributed by atoms with Crippen LogP contribution in [-0.4, -0.2) is 10.9 Å². The van der Waals surface area contributed by atoms with E-state index in [1.54, 1.807) is 19.1 Å². The molecular weight excluding hydrogens is 381 g/mol. The smallest absolute Gasteiger partial charge is 0.417 e. The number of carbonyl (C=O) groups is 1. The van der Waals surface area contributed by atoms with Gasteiger partial charge in [-0.1, -0.05) is 42.5 Å². The van der Waals surface area contributed by atoms with Gasteiger partial charge < -0.3 is 10.1 Å². The quantitative estimate of drug-likeness (QED) is 0.621. The Morgan fingerprint density at radius 1 is 1.03 bits per heavy atom. The summed E-state index contributed by atoms with van der Waals surface area (Å²) in [5, 5.41) is 2.56. The molecule has 4 nitrogen and oxygen atoms in total. The number of aromatic nitrogens is 1. The number of nitrogens with one attached hydrogen (secondary N) is 1. The van der Waals surface area contributed by atoms with E-state index < -0.39 is 29.3 Å². The zero-order chi connectivity index (χ0) is 20.9. The van der Waals surface area contributed by atoms with Crippen LogP contribution in [0.4, 0.5) is 13.2 Å². The Morgan fingerprint density at radius 3 is 2.38 bits per heavy atom. The highest BCUT2D eigenvalue weighted by Crippen LogP contribution is 2.32. The minimum Gasteiger partial charge on any atom is -0.487 e. The standard InChI is InChI=1S/C22H19F3N2O2/c1-15(27-21(28)18-9-5-6-10-19(18)22(23,24)25)20-12-11-17(13-26-20)29-14-16-7-3-2-4-8-16/h2-13,15H,14H2,1H3,(H,27,28)/t15-/m1/s1. The number of pyridine rings is 1. The molecule has 0 unspecified atom stereocenters. The Balaban J connectivity index is 1.64. The molecule has 0 saturated heterocycles. The summed E-state index contributed by atoms with van der Waals surface area (Å²) in [7, 11) is 0. The van der Waals surface area contributed by atoms with E-state index in [1.807, 2.05) is 30.3 Å². The number of alkyl halides is 3. The molecule has 150 valence electrons. The van der Waals surface area contributed by atoms with Crippen molar-refractivity contribution in [1.82, 2.24) is 10.3 Å². The van der Waals surface area contributed by atoms with Crippen molar-refractivity contribution < 1.29 is 22.7 Å². The van der Waals surface area contributed by atoms with Gasteiger partial charge in [0.15, 0.2) is 0 Å². The summed E-state index contributed by atoms with van der Waals surface area (Å²) in [6.07, 6.45) is -3.09. The van der Waals surface area contributed by atoms with Crippen molar-refractivity contribution in [3.63, 3.8) is 0 Å². The highest BCUT2D eigenvalue weighted by Gasteiger charge is 2.35. The van der Waals surface area contributed by atoms with Crippen molar-refractivity contribution in [2.45, 2.75) is 25.7 Å². The molecule has 1 heterocycles. The first kappa shape index (κ1) is 20.4. The number of ether oxygens (including phenoxy) is 1. The van der Waals surface area contributed by atoms with E-state index in [1.165, 1.54) is 18.3 Å². The molecule has 0 spiro atoms. The number of rotatable bonds is 6. The van der Waals surface area contributed by atoms with Crippen LogP contribution in [0.3, 0.4) is 0 Å². The van der Waals surface area contributed by atoms with Crippen LogP contribution in [0.25, 0.3) is 0 Å². The number of amides is 1. The number of halogens is 3. The minimum absolute atomic E-state index is 0.391. The van der Waals surface area contributed by atoms with Crippen LogP contribution in [0.2, 0.25) is 0 Å². The third kappa shape index (κ3) is 5.34. The fourth-order valence-corrected chi connectivity index (χ4v) is 2.75. The second kappa shape index (κ2) is 8.77. The lowest BCUT2D eigenvalue weighted by molar-refractivity contribution is -0.137. The van der Waals surface area contributed by atoms with E-state index in [0.29, 0.717) is 18.1 Å². The third-order valence-corrected chi connectivity index (χ3v) is 4.28. The van der Waals surface area contributed by atoms with Gasteiger partial charge in [-0.3, -0.25) is 9.78 Å². The van der Waals surface area contributed by atoms with E-state index in [-0.39, 0.29) is 0 Å². The Morgan fingerprint density at radius 2 is 1.72 bits per heavy atom. The van der Waals surface area contributed by atoms with Gasteiger partial charge in [0.25, 0.3) is 5.91 Å². The fourth-order valence-electron chi connectivity index (χ4n) is 2.75. The molecule has 7 heteroatoms. The molecule has 1 amide bonds. The summed E-state index contributed by atoms with van der Waals surface area (Å²) in [6.45, 7) is 2.04. The summed E-state index contributed by atoms with van der Waals surface area (Å²) >= 11 is 0. The lowest BCUT2D eigenvalue weighted by Gasteiger charge is -2.17. The maximum Gasteiger partial charge on any atom is 0.417 e. The van der Waals surface area contributed by atoms with Crippen LogP contribution >= 0.6 is 0 Å². The molecule has 29 heavy (non-hydrogen) atoms. The lowest BCUT2D eigenvalue weighted by Crippen LogP contribution is -2.29. The van der Waals surface area contributed by atoms with Crippen molar-refractivity contribution in [2.75, 3.05) is 0 Å². The van der Waals surface area contributed by atoms with Crippen molar-refractivity contribution in [3.8, 4) is 5.75 Å². The number of hydrogen-bond donors (Lipinski definition) is 1. The Labute approximate surface area is 166 Å². The second-order valence-electron chi connectivity index (χ2n) is 6.43. The predicted octanol–water partition coefficient (Wildman–Crippen LogP) is 5.17. The maximum absolute atomic E-state index is 13.1. The normalized spacial score (nSPS) is 12.3. The highest BCUT2D eigenvalue weighted by atomic mass is 19.4. The third-order valence-electron chi connectivity index (χ3n) is 4.28. The summed E-state index contributed by atoms with van der Waals surface area (Å²) in [6, 6.07) is 17.1. The van der Waals surface area contributed by atoms with Gasteiger partial charge in [0.1, 0.15) is 12.4 Å². The monoisotopic (exact) mass is 400 g/mol. The van der Waals surface area contributed by atoms with Crippen LogP contribution in [0.1, 0.15) is 40.1 Å². The van der Waals surface area contributed by atoms with Crippen molar-refractivity contribution >= 4 is 5.91 Å². The van der Waals surface area contributed by atoms with E-state index >= 15 is 0 Å². The van der Waals surface area contributed by atoms with E-state index in [4.69, 9.17) is 4.74 Å². The SMILES string of the molecule is C[C@@H](NC(=O)c1ccccc1C(F)(F)F)c1ccc(OCc2ccccc2)cn1. The largest absolute Gasteiger partial charge is 0.487 e. The first-order chi connectivity index (χ1) is 13.8. The molecule has 3 aromatic rings. The number of nitrogens with zero attached hydrogens (tertiary/aromatic N) is 1.